The number of hydrogen-bond donors (Lipinski definition) is 2. The molecule has 34 heavy (non-hydrogen) atoms. The van der Waals surface area contributed by atoms with Gasteiger partial charge in [0.2, 0.25) is 5.91 Å². The molecule has 1 aromatic heterocycles. The summed E-state index contributed by atoms with van der Waals surface area (Å²) in [4.78, 5) is 17.1. The predicted molar refractivity (Wildman–Crippen MR) is 138 cm³/mol. The monoisotopic (exact) mass is 451 g/mol. The molecular formula is C29H29N3O2. The molecule has 0 saturated carbocycles. The number of carbonyl (C=O) groups excluding carboxylic acids is 1. The molecule has 0 saturated heterocycles. The molecule has 2 N–H and O–H groups in total. The van der Waals surface area contributed by atoms with Crippen LogP contribution in [-0.4, -0.2) is 18.0 Å². The van der Waals surface area contributed by atoms with Crippen molar-refractivity contribution in [2.45, 2.75) is 26.3 Å². The average molecular weight is 452 g/mol. The van der Waals surface area contributed by atoms with Crippen LogP contribution in [0.1, 0.15) is 29.7 Å². The summed E-state index contributed by atoms with van der Waals surface area (Å²) in [7, 11) is 1.66. The quantitative estimate of drug-likeness (QED) is 0.324. The second-order valence-electron chi connectivity index (χ2n) is 8.30. The molecule has 172 valence electrons. The third-order valence-electron chi connectivity index (χ3n) is 5.84. The van der Waals surface area contributed by atoms with E-state index in [1.165, 1.54) is 5.56 Å². The molecule has 1 unspecified atom stereocenters. The summed E-state index contributed by atoms with van der Waals surface area (Å²) in [6.07, 6.45) is 1.81. The molecule has 1 amide bonds. The van der Waals surface area contributed by atoms with Crippen LogP contribution < -0.4 is 15.4 Å². The van der Waals surface area contributed by atoms with Crippen molar-refractivity contribution in [3.63, 3.8) is 0 Å². The molecule has 4 aromatic rings. The summed E-state index contributed by atoms with van der Waals surface area (Å²) < 4.78 is 5.20. The number of amides is 1. The largest absolute Gasteiger partial charge is 0.497 e. The molecule has 1 heterocycles. The molecule has 0 bridgehead atoms. The number of aromatic nitrogens is 1. The Morgan fingerprint density at radius 1 is 0.882 bits per heavy atom. The predicted octanol–water partition coefficient (Wildman–Crippen LogP) is 6.42. The molecule has 5 heteroatoms. The molecule has 0 aliphatic carbocycles. The smallest absolute Gasteiger partial charge is 0.231 e. The lowest BCUT2D eigenvalue weighted by atomic mass is 9.99. The fourth-order valence-corrected chi connectivity index (χ4v) is 3.71. The average Bonchev–Trinajstić information content (AvgIpc) is 2.88. The Balaban J connectivity index is 1.33. The summed E-state index contributed by atoms with van der Waals surface area (Å²) in [6, 6.07) is 27.9. The van der Waals surface area contributed by atoms with Crippen LogP contribution in [0, 0.1) is 6.92 Å². The van der Waals surface area contributed by atoms with Gasteiger partial charge in [0.25, 0.3) is 0 Å². The Labute approximate surface area is 200 Å². The molecule has 0 radical (unpaired) electrons. The van der Waals surface area contributed by atoms with Crippen LogP contribution in [0.25, 0.3) is 11.1 Å². The number of anilines is 2. The first-order chi connectivity index (χ1) is 16.5. The number of pyridine rings is 1. The topological polar surface area (TPSA) is 63.2 Å². The highest BCUT2D eigenvalue weighted by molar-refractivity contribution is 5.95. The van der Waals surface area contributed by atoms with E-state index in [9.17, 15) is 4.79 Å². The molecular weight excluding hydrogens is 422 g/mol. The number of hydrogen-bond acceptors (Lipinski definition) is 4. The van der Waals surface area contributed by atoms with Crippen molar-refractivity contribution in [3.05, 3.63) is 108 Å². The zero-order valence-corrected chi connectivity index (χ0v) is 19.7. The summed E-state index contributed by atoms with van der Waals surface area (Å²) in [6.45, 7) is 4.61. The van der Waals surface area contributed by atoms with Gasteiger partial charge >= 0.3 is 0 Å². The minimum atomic E-state index is -0.266. The third-order valence-corrected chi connectivity index (χ3v) is 5.84. The van der Waals surface area contributed by atoms with Gasteiger partial charge in [-0.2, -0.15) is 0 Å². The lowest BCUT2D eigenvalue weighted by Gasteiger charge is -2.14. The van der Waals surface area contributed by atoms with Crippen molar-refractivity contribution in [1.82, 2.24) is 4.98 Å². The van der Waals surface area contributed by atoms with Crippen molar-refractivity contribution >= 4 is 17.3 Å². The zero-order valence-electron chi connectivity index (χ0n) is 19.7. The van der Waals surface area contributed by atoms with E-state index >= 15 is 0 Å². The van der Waals surface area contributed by atoms with Gasteiger partial charge < -0.3 is 15.4 Å². The SMILES string of the molecule is COc1ccc(CNc2ccc(C(C)C(=O)Nc3ccc(-c4ccnc(C)c4)cc3)cc2)cc1. The van der Waals surface area contributed by atoms with Crippen LogP contribution in [0.3, 0.4) is 0 Å². The maximum atomic E-state index is 12.8. The number of aryl methyl sites for hydroxylation is 1. The second-order valence-corrected chi connectivity index (χ2v) is 8.30. The molecule has 0 aliphatic rings. The molecule has 0 aliphatic heterocycles. The van der Waals surface area contributed by atoms with E-state index in [2.05, 4.69) is 15.6 Å². The van der Waals surface area contributed by atoms with Crippen LogP contribution in [0.15, 0.2) is 91.1 Å². The standard InChI is InChI=1S/C29H29N3O2/c1-20-18-25(16-17-30-20)24-8-12-27(13-9-24)32-29(33)21(2)23-6-10-26(11-7-23)31-19-22-4-14-28(34-3)15-5-22/h4-18,21,31H,19H2,1-3H3,(H,32,33). The van der Waals surface area contributed by atoms with E-state index < -0.39 is 0 Å². The van der Waals surface area contributed by atoms with Crippen LogP contribution in [-0.2, 0) is 11.3 Å². The van der Waals surface area contributed by atoms with E-state index in [-0.39, 0.29) is 11.8 Å². The minimum Gasteiger partial charge on any atom is -0.497 e. The van der Waals surface area contributed by atoms with Gasteiger partial charge in [0, 0.05) is 29.8 Å². The molecule has 4 rings (SSSR count). The number of rotatable bonds is 8. The number of nitrogens with zero attached hydrogens (tertiary/aromatic N) is 1. The Hall–Kier alpha value is -4.12. The normalized spacial score (nSPS) is 11.5. The van der Waals surface area contributed by atoms with Gasteiger partial charge in [-0.05, 0) is 84.6 Å². The second kappa shape index (κ2) is 10.7. The van der Waals surface area contributed by atoms with Crippen LogP contribution in [0.4, 0.5) is 11.4 Å². The third kappa shape index (κ3) is 5.81. The summed E-state index contributed by atoms with van der Waals surface area (Å²) in [5.74, 6) is 0.546. The van der Waals surface area contributed by atoms with Gasteiger partial charge in [-0.15, -0.1) is 0 Å². The van der Waals surface area contributed by atoms with Gasteiger partial charge in [-0.25, -0.2) is 0 Å². The molecule has 1 atom stereocenters. The summed E-state index contributed by atoms with van der Waals surface area (Å²) >= 11 is 0. The van der Waals surface area contributed by atoms with E-state index in [0.29, 0.717) is 6.54 Å². The minimum absolute atomic E-state index is 0.0357. The number of methoxy groups -OCH3 is 1. The fraction of sp³-hybridized carbons (Fsp3) is 0.172. The zero-order chi connectivity index (χ0) is 23.9. The first kappa shape index (κ1) is 23.1. The van der Waals surface area contributed by atoms with Crippen LogP contribution in [0.5, 0.6) is 5.75 Å². The van der Waals surface area contributed by atoms with E-state index in [0.717, 1.165) is 39.5 Å². The van der Waals surface area contributed by atoms with Gasteiger partial charge in [-0.1, -0.05) is 36.4 Å². The maximum Gasteiger partial charge on any atom is 0.231 e. The van der Waals surface area contributed by atoms with Crippen LogP contribution >= 0.6 is 0 Å². The van der Waals surface area contributed by atoms with Gasteiger partial charge in [0.05, 0.1) is 13.0 Å². The Morgan fingerprint density at radius 2 is 1.56 bits per heavy atom. The number of nitrogens with one attached hydrogen (secondary N) is 2. The first-order valence-electron chi connectivity index (χ1n) is 11.3. The lowest BCUT2D eigenvalue weighted by Crippen LogP contribution is -2.18. The van der Waals surface area contributed by atoms with E-state index in [1.54, 1.807) is 7.11 Å². The fourth-order valence-electron chi connectivity index (χ4n) is 3.71. The molecule has 3 aromatic carbocycles. The highest BCUT2D eigenvalue weighted by atomic mass is 16.5. The van der Waals surface area contributed by atoms with Crippen molar-refractivity contribution < 1.29 is 9.53 Å². The summed E-state index contributed by atoms with van der Waals surface area (Å²) in [5.41, 5.74) is 7.11. The highest BCUT2D eigenvalue weighted by Gasteiger charge is 2.15. The number of ether oxygens (including phenoxy) is 1. The summed E-state index contributed by atoms with van der Waals surface area (Å²) in [5, 5.41) is 6.43. The molecule has 0 spiro atoms. The van der Waals surface area contributed by atoms with Gasteiger partial charge in [0.15, 0.2) is 0 Å². The first-order valence-corrected chi connectivity index (χ1v) is 11.3. The van der Waals surface area contributed by atoms with Crippen molar-refractivity contribution in [1.29, 1.82) is 0 Å². The van der Waals surface area contributed by atoms with Crippen molar-refractivity contribution in [2.24, 2.45) is 0 Å². The highest BCUT2D eigenvalue weighted by Crippen LogP contribution is 2.24. The lowest BCUT2D eigenvalue weighted by molar-refractivity contribution is -0.117. The molecule has 5 nitrogen and oxygen atoms in total. The Kier molecular flexibility index (Phi) is 7.23. The van der Waals surface area contributed by atoms with E-state index in [4.69, 9.17) is 4.74 Å². The van der Waals surface area contributed by atoms with Gasteiger partial charge in [0.1, 0.15) is 5.75 Å². The number of benzene rings is 3. The van der Waals surface area contributed by atoms with Gasteiger partial charge in [-0.3, -0.25) is 9.78 Å². The Morgan fingerprint density at radius 3 is 2.21 bits per heavy atom. The van der Waals surface area contributed by atoms with Crippen molar-refractivity contribution in [2.75, 3.05) is 17.7 Å². The van der Waals surface area contributed by atoms with E-state index in [1.807, 2.05) is 105 Å². The van der Waals surface area contributed by atoms with Crippen molar-refractivity contribution in [3.8, 4) is 16.9 Å². The maximum absolute atomic E-state index is 12.8. The Bertz CT molecular complexity index is 1230. The molecule has 0 fully saturated rings. The number of carbonyl (C=O) groups is 1. The van der Waals surface area contributed by atoms with Crippen LogP contribution in [0.2, 0.25) is 0 Å².